The molecule has 0 bridgehead atoms. The molecule has 1 aromatic rings. The van der Waals surface area contributed by atoms with E-state index < -0.39 is 6.10 Å². The third-order valence-corrected chi connectivity index (χ3v) is 2.44. The number of carbonyl (C=O) groups excluding carboxylic acids is 1. The Morgan fingerprint density at radius 2 is 1.94 bits per heavy atom. The van der Waals surface area contributed by atoms with Crippen molar-refractivity contribution in [2.24, 2.45) is 0 Å². The van der Waals surface area contributed by atoms with Gasteiger partial charge in [-0.1, -0.05) is 24.3 Å². The van der Waals surface area contributed by atoms with Crippen molar-refractivity contribution < 1.29 is 9.90 Å². The van der Waals surface area contributed by atoms with E-state index in [0.717, 1.165) is 12.1 Å². The first-order chi connectivity index (χ1) is 8.00. The molecule has 1 aromatic carbocycles. The van der Waals surface area contributed by atoms with Gasteiger partial charge in [0.2, 0.25) is 5.91 Å². The lowest BCUT2D eigenvalue weighted by atomic mass is 10.1. The van der Waals surface area contributed by atoms with Gasteiger partial charge in [0.1, 0.15) is 6.10 Å². The molecule has 2 N–H and O–H groups in total. The summed E-state index contributed by atoms with van der Waals surface area (Å²) >= 11 is 0. The highest BCUT2D eigenvalue weighted by Crippen LogP contribution is 2.10. The zero-order chi connectivity index (χ0) is 12.8. The van der Waals surface area contributed by atoms with Crippen LogP contribution in [0.15, 0.2) is 24.3 Å². The maximum atomic E-state index is 11.3. The number of nitrogens with one attached hydrogen (secondary N) is 1. The SMILES string of the molecule is CC(O)C(=O)NCc1ccccc1CN(C)C. The van der Waals surface area contributed by atoms with E-state index in [0.29, 0.717) is 6.54 Å². The number of hydrogen-bond acceptors (Lipinski definition) is 3. The van der Waals surface area contributed by atoms with Gasteiger partial charge in [-0.25, -0.2) is 0 Å². The smallest absolute Gasteiger partial charge is 0.248 e. The van der Waals surface area contributed by atoms with Gasteiger partial charge in [-0.05, 0) is 32.1 Å². The number of benzene rings is 1. The van der Waals surface area contributed by atoms with Gasteiger partial charge < -0.3 is 15.3 Å². The molecule has 0 aliphatic rings. The Morgan fingerprint density at radius 3 is 2.47 bits per heavy atom. The second-order valence-corrected chi connectivity index (χ2v) is 4.40. The summed E-state index contributed by atoms with van der Waals surface area (Å²) < 4.78 is 0. The molecule has 1 unspecified atom stereocenters. The number of amides is 1. The summed E-state index contributed by atoms with van der Waals surface area (Å²) in [5.41, 5.74) is 2.26. The molecule has 0 fully saturated rings. The molecule has 0 aliphatic carbocycles. The molecule has 4 nitrogen and oxygen atoms in total. The van der Waals surface area contributed by atoms with Crippen molar-refractivity contribution in [2.75, 3.05) is 14.1 Å². The van der Waals surface area contributed by atoms with Crippen LogP contribution < -0.4 is 5.32 Å². The van der Waals surface area contributed by atoms with Crippen LogP contribution >= 0.6 is 0 Å². The number of hydrogen-bond donors (Lipinski definition) is 2. The molecule has 94 valence electrons. The van der Waals surface area contributed by atoms with E-state index in [9.17, 15) is 4.79 Å². The molecular formula is C13H20N2O2. The predicted octanol–water partition coefficient (Wildman–Crippen LogP) is 0.745. The zero-order valence-electron chi connectivity index (χ0n) is 10.6. The topological polar surface area (TPSA) is 52.6 Å². The van der Waals surface area contributed by atoms with Crippen LogP contribution in [0, 0.1) is 0 Å². The summed E-state index contributed by atoms with van der Waals surface area (Å²) in [5.74, 6) is -0.343. The molecule has 1 atom stereocenters. The number of aliphatic hydroxyl groups is 1. The van der Waals surface area contributed by atoms with Gasteiger partial charge in [-0.15, -0.1) is 0 Å². The van der Waals surface area contributed by atoms with Crippen molar-refractivity contribution in [3.8, 4) is 0 Å². The lowest BCUT2D eigenvalue weighted by Crippen LogP contribution is -2.32. The Morgan fingerprint density at radius 1 is 1.35 bits per heavy atom. The Kier molecular flexibility index (Phi) is 5.12. The summed E-state index contributed by atoms with van der Waals surface area (Å²) in [6, 6.07) is 7.97. The molecule has 17 heavy (non-hydrogen) atoms. The number of nitrogens with zero attached hydrogens (tertiary/aromatic N) is 1. The first-order valence-electron chi connectivity index (χ1n) is 5.68. The Hall–Kier alpha value is -1.39. The average Bonchev–Trinajstić information content (AvgIpc) is 2.26. The summed E-state index contributed by atoms with van der Waals surface area (Å²) in [5, 5.41) is 11.8. The minimum atomic E-state index is -0.962. The van der Waals surface area contributed by atoms with Gasteiger partial charge in [-0.3, -0.25) is 4.79 Å². The monoisotopic (exact) mass is 236 g/mol. The van der Waals surface area contributed by atoms with Crippen LogP contribution in [0.2, 0.25) is 0 Å². The van der Waals surface area contributed by atoms with Crippen LogP contribution in [0.25, 0.3) is 0 Å². The van der Waals surface area contributed by atoms with Crippen molar-refractivity contribution in [1.82, 2.24) is 10.2 Å². The zero-order valence-corrected chi connectivity index (χ0v) is 10.6. The van der Waals surface area contributed by atoms with Crippen molar-refractivity contribution >= 4 is 5.91 Å². The molecule has 0 spiro atoms. The van der Waals surface area contributed by atoms with Crippen LogP contribution in [0.3, 0.4) is 0 Å². The van der Waals surface area contributed by atoms with E-state index >= 15 is 0 Å². The third-order valence-electron chi connectivity index (χ3n) is 2.44. The summed E-state index contributed by atoms with van der Waals surface area (Å²) in [7, 11) is 4.01. The molecule has 0 aliphatic heterocycles. The number of aliphatic hydroxyl groups excluding tert-OH is 1. The third kappa shape index (κ3) is 4.54. The summed E-state index contributed by atoms with van der Waals surface area (Å²) in [4.78, 5) is 13.4. The second-order valence-electron chi connectivity index (χ2n) is 4.40. The molecule has 1 rings (SSSR count). The van der Waals surface area contributed by atoms with E-state index in [-0.39, 0.29) is 5.91 Å². The standard InChI is InChI=1S/C13H20N2O2/c1-10(16)13(17)14-8-11-6-4-5-7-12(11)9-15(2)3/h4-7,10,16H,8-9H2,1-3H3,(H,14,17). The van der Waals surface area contributed by atoms with Crippen LogP contribution in [0.1, 0.15) is 18.1 Å². The van der Waals surface area contributed by atoms with Gasteiger partial charge in [0.05, 0.1) is 0 Å². The van der Waals surface area contributed by atoms with Gasteiger partial charge in [0, 0.05) is 13.1 Å². The highest BCUT2D eigenvalue weighted by molar-refractivity contribution is 5.79. The molecule has 0 saturated heterocycles. The number of carbonyl (C=O) groups is 1. The predicted molar refractivity (Wildman–Crippen MR) is 67.4 cm³/mol. The van der Waals surface area contributed by atoms with Gasteiger partial charge in [0.15, 0.2) is 0 Å². The maximum absolute atomic E-state index is 11.3. The van der Waals surface area contributed by atoms with Crippen molar-refractivity contribution in [2.45, 2.75) is 26.1 Å². The van der Waals surface area contributed by atoms with Crippen molar-refractivity contribution in [1.29, 1.82) is 0 Å². The average molecular weight is 236 g/mol. The molecular weight excluding hydrogens is 216 g/mol. The number of rotatable bonds is 5. The lowest BCUT2D eigenvalue weighted by molar-refractivity contribution is -0.128. The fourth-order valence-electron chi connectivity index (χ4n) is 1.55. The molecule has 0 heterocycles. The van der Waals surface area contributed by atoms with Gasteiger partial charge in [0.25, 0.3) is 0 Å². The Labute approximate surface area is 102 Å². The van der Waals surface area contributed by atoms with Gasteiger partial charge in [-0.2, -0.15) is 0 Å². The maximum Gasteiger partial charge on any atom is 0.248 e. The molecule has 0 aromatic heterocycles. The minimum Gasteiger partial charge on any atom is -0.384 e. The fourth-order valence-corrected chi connectivity index (χ4v) is 1.55. The normalized spacial score (nSPS) is 12.5. The van der Waals surface area contributed by atoms with E-state index in [1.807, 2.05) is 38.4 Å². The summed E-state index contributed by atoms with van der Waals surface area (Å²) in [6.07, 6.45) is -0.962. The van der Waals surface area contributed by atoms with Crippen molar-refractivity contribution in [3.63, 3.8) is 0 Å². The van der Waals surface area contributed by atoms with E-state index in [2.05, 4.69) is 10.2 Å². The summed E-state index contributed by atoms with van der Waals surface area (Å²) in [6.45, 7) is 2.75. The highest BCUT2D eigenvalue weighted by Gasteiger charge is 2.09. The van der Waals surface area contributed by atoms with E-state index in [1.165, 1.54) is 12.5 Å². The lowest BCUT2D eigenvalue weighted by Gasteiger charge is -2.15. The first-order valence-corrected chi connectivity index (χ1v) is 5.68. The van der Waals surface area contributed by atoms with Crippen LogP contribution in [-0.2, 0) is 17.9 Å². The van der Waals surface area contributed by atoms with Crippen molar-refractivity contribution in [3.05, 3.63) is 35.4 Å². The van der Waals surface area contributed by atoms with E-state index in [1.54, 1.807) is 0 Å². The van der Waals surface area contributed by atoms with Crippen LogP contribution in [0.5, 0.6) is 0 Å². The molecule has 4 heteroatoms. The quantitative estimate of drug-likeness (QED) is 0.793. The van der Waals surface area contributed by atoms with Crippen LogP contribution in [-0.4, -0.2) is 36.1 Å². The van der Waals surface area contributed by atoms with Gasteiger partial charge >= 0.3 is 0 Å². The Bertz CT molecular complexity index is 375. The minimum absolute atomic E-state index is 0.343. The second kappa shape index (κ2) is 6.37. The fraction of sp³-hybridized carbons (Fsp3) is 0.462. The van der Waals surface area contributed by atoms with E-state index in [4.69, 9.17) is 5.11 Å². The largest absolute Gasteiger partial charge is 0.384 e. The molecule has 0 radical (unpaired) electrons. The highest BCUT2D eigenvalue weighted by atomic mass is 16.3. The molecule has 0 saturated carbocycles. The Balaban J connectivity index is 2.67. The molecule has 1 amide bonds. The first kappa shape index (κ1) is 13.7. The van der Waals surface area contributed by atoms with Crippen LogP contribution in [0.4, 0.5) is 0 Å².